The topological polar surface area (TPSA) is 93.0 Å². The van der Waals surface area contributed by atoms with E-state index >= 15 is 0 Å². The van der Waals surface area contributed by atoms with Crippen LogP contribution in [0.3, 0.4) is 0 Å². The Labute approximate surface area is 170 Å². The second-order valence-corrected chi connectivity index (χ2v) is 6.85. The molecule has 1 aliphatic rings. The van der Waals surface area contributed by atoms with Crippen molar-refractivity contribution < 1.29 is 4.74 Å². The third-order valence-corrected chi connectivity index (χ3v) is 4.92. The number of nitrogens with zero attached hydrogens (tertiary/aromatic N) is 5. The summed E-state index contributed by atoms with van der Waals surface area (Å²) in [5, 5.41) is 9.02. The van der Waals surface area contributed by atoms with Crippen LogP contribution in [0.5, 0.6) is 5.88 Å². The molecule has 0 bridgehead atoms. The molecule has 0 amide bonds. The number of hydrogen-bond donors (Lipinski definition) is 1. The Morgan fingerprint density at radius 2 is 2.00 bits per heavy atom. The third-order valence-electron chi connectivity index (χ3n) is 4.92. The number of anilines is 1. The van der Waals surface area contributed by atoms with Gasteiger partial charge in [-0.3, -0.25) is 4.57 Å². The monoisotopic (exact) mass is 398 g/mol. The van der Waals surface area contributed by atoms with Crippen LogP contribution in [-0.4, -0.2) is 40.8 Å². The third kappa shape index (κ3) is 3.88. The van der Waals surface area contributed by atoms with Crippen LogP contribution in [0.25, 0.3) is 11.2 Å². The second kappa shape index (κ2) is 8.46. The zero-order valence-corrected chi connectivity index (χ0v) is 16.5. The highest BCUT2D eigenvalue weighted by molar-refractivity contribution is 5.85. The summed E-state index contributed by atoms with van der Waals surface area (Å²) in [4.78, 5) is 11.7. The summed E-state index contributed by atoms with van der Waals surface area (Å²) < 4.78 is 7.42. The maximum atomic E-state index is 9.02. The Hall–Kier alpha value is -2.82. The first kappa shape index (κ1) is 19.9. The lowest BCUT2D eigenvalue weighted by atomic mass is 10.1. The van der Waals surface area contributed by atoms with Crippen LogP contribution in [0.1, 0.15) is 24.0 Å². The molecule has 7 nitrogen and oxygen atoms in total. The number of benzene rings is 1. The standard InChI is InChI=1S/C20H22N6O.ClH/c1-27-18-9-8-17-19(24-18)26(12-15-6-4-14(11-21)5-7-15)20(23-17)25-10-2-3-16(22)13-25;/h4-9,16H,2-3,10,12-13,22H2,1H3;1H/t16-;/m0./s1. The second-order valence-electron chi connectivity index (χ2n) is 6.85. The molecule has 2 N–H and O–H groups in total. The van der Waals surface area contributed by atoms with Gasteiger partial charge in [0.25, 0.3) is 0 Å². The molecule has 2 aromatic heterocycles. The van der Waals surface area contributed by atoms with E-state index in [2.05, 4.69) is 20.5 Å². The minimum atomic E-state index is 0. The summed E-state index contributed by atoms with van der Waals surface area (Å²) in [6.45, 7) is 2.33. The Bertz CT molecular complexity index is 994. The van der Waals surface area contributed by atoms with Gasteiger partial charge in [-0.2, -0.15) is 10.2 Å². The van der Waals surface area contributed by atoms with Crippen LogP contribution in [-0.2, 0) is 6.54 Å². The fourth-order valence-electron chi connectivity index (χ4n) is 3.53. The van der Waals surface area contributed by atoms with E-state index < -0.39 is 0 Å². The molecule has 4 rings (SSSR count). The number of pyridine rings is 1. The first-order valence-electron chi connectivity index (χ1n) is 9.09. The molecule has 1 fully saturated rings. The zero-order valence-electron chi connectivity index (χ0n) is 15.7. The lowest BCUT2D eigenvalue weighted by Gasteiger charge is -2.31. The van der Waals surface area contributed by atoms with Crippen molar-refractivity contribution in [3.63, 3.8) is 0 Å². The number of nitriles is 1. The molecule has 28 heavy (non-hydrogen) atoms. The molecule has 8 heteroatoms. The van der Waals surface area contributed by atoms with Gasteiger partial charge >= 0.3 is 0 Å². The van der Waals surface area contributed by atoms with Gasteiger partial charge in [-0.15, -0.1) is 12.4 Å². The van der Waals surface area contributed by atoms with Gasteiger partial charge in [0.2, 0.25) is 11.8 Å². The van der Waals surface area contributed by atoms with Crippen molar-refractivity contribution in [1.29, 1.82) is 5.26 Å². The van der Waals surface area contributed by atoms with Crippen LogP contribution in [0.15, 0.2) is 36.4 Å². The summed E-state index contributed by atoms with van der Waals surface area (Å²) in [6.07, 6.45) is 2.09. The quantitative estimate of drug-likeness (QED) is 0.726. The van der Waals surface area contributed by atoms with Crippen LogP contribution in [0, 0.1) is 11.3 Å². The Morgan fingerprint density at radius 3 is 2.68 bits per heavy atom. The number of piperidine rings is 1. The normalized spacial score (nSPS) is 16.5. The number of fused-ring (bicyclic) bond motifs is 1. The van der Waals surface area contributed by atoms with Crippen LogP contribution < -0.4 is 15.4 Å². The summed E-state index contributed by atoms with van der Waals surface area (Å²) in [7, 11) is 1.61. The highest BCUT2D eigenvalue weighted by atomic mass is 35.5. The fraction of sp³-hybridized carbons (Fsp3) is 0.350. The van der Waals surface area contributed by atoms with Gasteiger partial charge in [0.15, 0.2) is 5.65 Å². The number of halogens is 1. The maximum absolute atomic E-state index is 9.02. The van der Waals surface area contributed by atoms with Gasteiger partial charge in [-0.25, -0.2) is 4.98 Å². The highest BCUT2D eigenvalue weighted by Crippen LogP contribution is 2.26. The van der Waals surface area contributed by atoms with Crippen molar-refractivity contribution in [2.45, 2.75) is 25.4 Å². The van der Waals surface area contributed by atoms with Crippen molar-refractivity contribution in [2.24, 2.45) is 5.73 Å². The minimum absolute atomic E-state index is 0. The van der Waals surface area contributed by atoms with Gasteiger partial charge in [-0.1, -0.05) is 12.1 Å². The van der Waals surface area contributed by atoms with E-state index in [1.807, 2.05) is 36.4 Å². The van der Waals surface area contributed by atoms with Crippen molar-refractivity contribution in [2.75, 3.05) is 25.1 Å². The smallest absolute Gasteiger partial charge is 0.215 e. The number of hydrogen-bond acceptors (Lipinski definition) is 6. The van der Waals surface area contributed by atoms with E-state index in [0.717, 1.165) is 48.6 Å². The predicted molar refractivity (Wildman–Crippen MR) is 111 cm³/mol. The number of nitrogens with two attached hydrogens (primary N) is 1. The molecule has 3 heterocycles. The van der Waals surface area contributed by atoms with Crippen molar-refractivity contribution >= 4 is 29.5 Å². The first-order valence-corrected chi connectivity index (χ1v) is 9.09. The van der Waals surface area contributed by atoms with Crippen molar-refractivity contribution in [1.82, 2.24) is 14.5 Å². The highest BCUT2D eigenvalue weighted by Gasteiger charge is 2.23. The van der Waals surface area contributed by atoms with E-state index in [0.29, 0.717) is 18.0 Å². The maximum Gasteiger partial charge on any atom is 0.215 e. The van der Waals surface area contributed by atoms with Gasteiger partial charge < -0.3 is 15.4 Å². The summed E-state index contributed by atoms with van der Waals surface area (Å²) >= 11 is 0. The fourth-order valence-corrected chi connectivity index (χ4v) is 3.53. The zero-order chi connectivity index (χ0) is 18.8. The number of methoxy groups -OCH3 is 1. The molecule has 0 radical (unpaired) electrons. The Balaban J connectivity index is 0.00000225. The summed E-state index contributed by atoms with van der Waals surface area (Å²) in [5.41, 5.74) is 9.54. The average molecular weight is 399 g/mol. The Kier molecular flexibility index (Phi) is 6.02. The van der Waals surface area contributed by atoms with Gasteiger partial charge in [0.05, 0.1) is 25.3 Å². The SMILES string of the molecule is COc1ccc2nc(N3CCC[C@H](N)C3)n(Cc3ccc(C#N)cc3)c2n1.Cl. The molecule has 1 aliphatic heterocycles. The number of rotatable bonds is 4. The van der Waals surface area contributed by atoms with E-state index in [1.54, 1.807) is 7.11 Å². The molecule has 0 saturated carbocycles. The molecular formula is C20H23ClN6O. The molecule has 0 unspecified atom stereocenters. The van der Waals surface area contributed by atoms with Crippen LogP contribution >= 0.6 is 12.4 Å². The molecule has 0 spiro atoms. The lowest BCUT2D eigenvalue weighted by molar-refractivity contribution is 0.399. The van der Waals surface area contributed by atoms with E-state index in [-0.39, 0.29) is 18.4 Å². The Morgan fingerprint density at radius 1 is 1.21 bits per heavy atom. The summed E-state index contributed by atoms with van der Waals surface area (Å²) in [5.74, 6) is 1.44. The molecule has 1 atom stereocenters. The lowest BCUT2D eigenvalue weighted by Crippen LogP contribution is -2.44. The number of aromatic nitrogens is 3. The summed E-state index contributed by atoms with van der Waals surface area (Å²) in [6, 6.07) is 13.7. The molecular weight excluding hydrogens is 376 g/mol. The number of ether oxygens (including phenoxy) is 1. The minimum Gasteiger partial charge on any atom is -0.481 e. The van der Waals surface area contributed by atoms with Crippen LogP contribution in [0.2, 0.25) is 0 Å². The van der Waals surface area contributed by atoms with Crippen molar-refractivity contribution in [3.8, 4) is 11.9 Å². The van der Waals surface area contributed by atoms with Crippen LogP contribution in [0.4, 0.5) is 5.95 Å². The molecule has 0 aliphatic carbocycles. The van der Waals surface area contributed by atoms with E-state index in [4.69, 9.17) is 20.7 Å². The molecule has 1 aromatic carbocycles. The molecule has 146 valence electrons. The van der Waals surface area contributed by atoms with Crippen molar-refractivity contribution in [3.05, 3.63) is 47.5 Å². The van der Waals surface area contributed by atoms with E-state index in [1.165, 1.54) is 0 Å². The largest absolute Gasteiger partial charge is 0.481 e. The number of imidazole rings is 1. The molecule has 1 saturated heterocycles. The average Bonchev–Trinajstić information content (AvgIpc) is 3.06. The first-order chi connectivity index (χ1) is 13.2. The van der Waals surface area contributed by atoms with Gasteiger partial charge in [0, 0.05) is 25.2 Å². The predicted octanol–water partition coefficient (Wildman–Crippen LogP) is 2.71. The molecule has 3 aromatic rings. The van der Waals surface area contributed by atoms with Gasteiger partial charge in [-0.05, 0) is 36.6 Å². The van der Waals surface area contributed by atoms with Gasteiger partial charge in [0.1, 0.15) is 5.52 Å². The van der Waals surface area contributed by atoms with E-state index in [9.17, 15) is 0 Å².